The van der Waals surface area contributed by atoms with Crippen molar-refractivity contribution in [1.29, 1.82) is 0 Å². The topological polar surface area (TPSA) is 71.8 Å². The van der Waals surface area contributed by atoms with Gasteiger partial charge in [0.1, 0.15) is 0 Å². The fourth-order valence-corrected chi connectivity index (χ4v) is 10.1. The molecule has 344 valence electrons. The fraction of sp³-hybridized carbons (Fsp3) is 0.536. The lowest BCUT2D eigenvalue weighted by atomic mass is 9.80. The Balaban J connectivity index is 1.39. The number of nitrogens with one attached hydrogen (secondary N) is 3. The number of nitrogens with two attached hydrogens (primary N) is 1. The molecule has 7 heteroatoms. The summed E-state index contributed by atoms with van der Waals surface area (Å²) in [5, 5.41) is 9.97. The molecule has 3 aliphatic heterocycles. The van der Waals surface area contributed by atoms with E-state index in [1.54, 1.807) is 0 Å². The Hall–Kier alpha value is -4.46. The molecule has 2 aromatic rings. The van der Waals surface area contributed by atoms with Gasteiger partial charge in [-0.25, -0.2) is 5.43 Å². The first-order valence-corrected chi connectivity index (χ1v) is 24.4. The standard InChI is InChI=1S/C56H85N7/c1-13-16-28-56(11,12)37-42(7)55(52-20-19-30-58-53(52)14-2)62(15-3)50-24-22-48(23-25-50)49-34-41(6)33-47(35-49)36-54(45(10)63-32-18-17-31-59-63)60-44(9)51(40(4)5)26-21-46-38-61(39-46)43(8)27-29-57/h13,19-20,22-25,33-35,40,46,51,54,58-60H,1,8-10,14-18,21,26-32,36-39,57H2,2-7,11-12H3/b55-42+. The van der Waals surface area contributed by atoms with E-state index in [2.05, 4.69) is 160 Å². The summed E-state index contributed by atoms with van der Waals surface area (Å²) < 4.78 is 0. The SMILES string of the molecule is C=CCCC(C)(C)C/C(C)=C(\C1=C(CC)NCC=C1)N(CC)c1ccc(-c2cc(C)cc(CC(NC(=C)C(CCC3CN(C(=C)CCN)C3)C(C)C)C(=C)N3CCCCN3)c2)cc1. The van der Waals surface area contributed by atoms with E-state index < -0.39 is 0 Å². The monoisotopic (exact) mass is 856 g/mol. The van der Waals surface area contributed by atoms with Crippen LogP contribution in [0.2, 0.25) is 0 Å². The number of benzene rings is 2. The van der Waals surface area contributed by atoms with E-state index in [0.29, 0.717) is 24.3 Å². The number of likely N-dealkylation sites (N-methyl/N-ethyl adjacent to an activating group) is 1. The summed E-state index contributed by atoms with van der Waals surface area (Å²) in [5.41, 5.74) is 24.7. The number of likely N-dealkylation sites (tertiary alicyclic amines) is 1. The second-order valence-corrected chi connectivity index (χ2v) is 19.8. The highest BCUT2D eigenvalue weighted by Crippen LogP contribution is 2.38. The summed E-state index contributed by atoms with van der Waals surface area (Å²) >= 11 is 0. The smallest absolute Gasteiger partial charge is 0.0707 e. The van der Waals surface area contributed by atoms with Crippen molar-refractivity contribution in [3.8, 4) is 11.1 Å². The molecule has 5 N–H and O–H groups in total. The fourth-order valence-electron chi connectivity index (χ4n) is 10.1. The highest BCUT2D eigenvalue weighted by Gasteiger charge is 2.31. The molecule has 2 saturated heterocycles. The van der Waals surface area contributed by atoms with Gasteiger partial charge in [-0.05, 0) is 143 Å². The first-order chi connectivity index (χ1) is 30.2. The number of hydrogen-bond donors (Lipinski definition) is 4. The molecule has 2 aromatic carbocycles. The predicted molar refractivity (Wildman–Crippen MR) is 273 cm³/mol. The lowest BCUT2D eigenvalue weighted by Gasteiger charge is -2.43. The van der Waals surface area contributed by atoms with Crippen LogP contribution in [0, 0.1) is 30.1 Å². The lowest BCUT2D eigenvalue weighted by molar-refractivity contribution is 0.123. The molecule has 3 heterocycles. The second-order valence-electron chi connectivity index (χ2n) is 19.8. The maximum absolute atomic E-state index is 5.80. The van der Waals surface area contributed by atoms with Crippen molar-refractivity contribution in [3.05, 3.63) is 138 Å². The number of hydrogen-bond acceptors (Lipinski definition) is 7. The second kappa shape index (κ2) is 23.5. The Labute approximate surface area is 384 Å². The van der Waals surface area contributed by atoms with Crippen LogP contribution in [-0.2, 0) is 6.42 Å². The van der Waals surface area contributed by atoms with Crippen LogP contribution in [0.5, 0.6) is 0 Å². The van der Waals surface area contributed by atoms with Crippen LogP contribution in [0.25, 0.3) is 11.1 Å². The average molecular weight is 856 g/mol. The molecule has 5 rings (SSSR count). The molecule has 2 fully saturated rings. The van der Waals surface area contributed by atoms with Crippen molar-refractivity contribution < 1.29 is 0 Å². The predicted octanol–water partition coefficient (Wildman–Crippen LogP) is 11.9. The lowest BCUT2D eigenvalue weighted by Crippen LogP contribution is -2.49. The van der Waals surface area contributed by atoms with Gasteiger partial charge in [0.15, 0.2) is 0 Å². The van der Waals surface area contributed by atoms with Crippen LogP contribution in [0.4, 0.5) is 5.69 Å². The molecular weight excluding hydrogens is 771 g/mol. The van der Waals surface area contributed by atoms with Crippen LogP contribution >= 0.6 is 0 Å². The first kappa shape index (κ1) is 49.6. The zero-order valence-electron chi connectivity index (χ0n) is 40.9. The molecule has 0 spiro atoms. The highest BCUT2D eigenvalue weighted by atomic mass is 15.5. The number of anilines is 1. The van der Waals surface area contributed by atoms with Gasteiger partial charge in [0.05, 0.1) is 6.04 Å². The number of aryl methyl sites for hydroxylation is 1. The van der Waals surface area contributed by atoms with Crippen molar-refractivity contribution in [2.24, 2.45) is 28.9 Å². The molecule has 63 heavy (non-hydrogen) atoms. The maximum Gasteiger partial charge on any atom is 0.0707 e. The number of hydrazine groups is 1. The van der Waals surface area contributed by atoms with Crippen LogP contribution in [-0.4, -0.2) is 61.8 Å². The van der Waals surface area contributed by atoms with Gasteiger partial charge in [-0.2, -0.15) is 0 Å². The Morgan fingerprint density at radius 1 is 1.05 bits per heavy atom. The quantitative estimate of drug-likeness (QED) is 0.0742. The zero-order chi connectivity index (χ0) is 45.7. The molecular formula is C56H85N7. The minimum Gasteiger partial charge on any atom is -0.384 e. The molecule has 0 bridgehead atoms. The van der Waals surface area contributed by atoms with Crippen LogP contribution < -0.4 is 26.7 Å². The number of allylic oxidation sites excluding steroid dienone is 5. The maximum atomic E-state index is 5.80. The molecule has 0 aliphatic carbocycles. The molecule has 7 nitrogen and oxygen atoms in total. The summed E-state index contributed by atoms with van der Waals surface area (Å²) in [5.74, 6) is 1.56. The van der Waals surface area contributed by atoms with E-state index in [-0.39, 0.29) is 11.5 Å². The molecule has 0 saturated carbocycles. The van der Waals surface area contributed by atoms with Gasteiger partial charge in [-0.15, -0.1) is 6.58 Å². The van der Waals surface area contributed by atoms with Crippen molar-refractivity contribution in [1.82, 2.24) is 26.0 Å². The molecule has 3 aliphatic rings. The van der Waals surface area contributed by atoms with E-state index in [4.69, 9.17) is 18.9 Å². The van der Waals surface area contributed by atoms with Crippen molar-refractivity contribution >= 4 is 5.69 Å². The van der Waals surface area contributed by atoms with Gasteiger partial charge >= 0.3 is 0 Å². The molecule has 0 radical (unpaired) electrons. The third-order valence-electron chi connectivity index (χ3n) is 13.7. The van der Waals surface area contributed by atoms with Crippen molar-refractivity contribution in [2.75, 3.05) is 50.7 Å². The van der Waals surface area contributed by atoms with Gasteiger partial charge in [0.2, 0.25) is 0 Å². The van der Waals surface area contributed by atoms with Gasteiger partial charge < -0.3 is 31.2 Å². The minimum atomic E-state index is 0.0131. The Bertz CT molecular complexity index is 1950. The van der Waals surface area contributed by atoms with E-state index in [1.165, 1.54) is 75.4 Å². The van der Waals surface area contributed by atoms with Crippen LogP contribution in [0.1, 0.15) is 117 Å². The van der Waals surface area contributed by atoms with Crippen molar-refractivity contribution in [2.45, 2.75) is 126 Å². The Morgan fingerprint density at radius 3 is 2.43 bits per heavy atom. The summed E-state index contributed by atoms with van der Waals surface area (Å²) in [6, 6.07) is 16.4. The van der Waals surface area contributed by atoms with Gasteiger partial charge in [0.25, 0.3) is 0 Å². The van der Waals surface area contributed by atoms with E-state index in [9.17, 15) is 0 Å². The summed E-state index contributed by atoms with van der Waals surface area (Å²) in [6.07, 6.45) is 17.2. The molecule has 2 unspecified atom stereocenters. The zero-order valence-corrected chi connectivity index (χ0v) is 40.9. The number of nitrogens with zero attached hydrogens (tertiary/aromatic N) is 3. The molecule has 0 aromatic heterocycles. The third kappa shape index (κ3) is 13.5. The normalized spacial score (nSPS) is 17.2. The van der Waals surface area contributed by atoms with Crippen LogP contribution in [0.3, 0.4) is 0 Å². The van der Waals surface area contributed by atoms with E-state index in [0.717, 1.165) is 95.6 Å². The van der Waals surface area contributed by atoms with Gasteiger partial charge in [-0.1, -0.05) is 108 Å². The summed E-state index contributed by atoms with van der Waals surface area (Å²) in [6.45, 7) is 42.9. The Morgan fingerprint density at radius 2 is 1.79 bits per heavy atom. The van der Waals surface area contributed by atoms with Gasteiger partial charge in [-0.3, -0.25) is 0 Å². The van der Waals surface area contributed by atoms with E-state index >= 15 is 0 Å². The molecule has 0 amide bonds. The summed E-state index contributed by atoms with van der Waals surface area (Å²) in [7, 11) is 0. The highest BCUT2D eigenvalue weighted by molar-refractivity contribution is 5.70. The average Bonchev–Trinajstić information content (AvgIpc) is 3.25. The van der Waals surface area contributed by atoms with Crippen molar-refractivity contribution in [3.63, 3.8) is 0 Å². The largest absolute Gasteiger partial charge is 0.384 e. The minimum absolute atomic E-state index is 0.0131. The first-order valence-electron chi connectivity index (χ1n) is 24.4. The third-order valence-corrected chi connectivity index (χ3v) is 13.7. The summed E-state index contributed by atoms with van der Waals surface area (Å²) in [4.78, 5) is 4.93. The van der Waals surface area contributed by atoms with E-state index in [1.807, 2.05) is 0 Å². The Kier molecular flexibility index (Phi) is 18.5. The number of dihydropyridines is 1. The van der Waals surface area contributed by atoms with Crippen LogP contribution in [0.15, 0.2) is 127 Å². The van der Waals surface area contributed by atoms with Gasteiger partial charge in [0, 0.05) is 84.9 Å². The molecule has 2 atom stereocenters. The number of rotatable bonds is 25.